The van der Waals surface area contributed by atoms with E-state index in [1.54, 1.807) is 11.3 Å². The van der Waals surface area contributed by atoms with Crippen LogP contribution in [0.25, 0.3) is 0 Å². The van der Waals surface area contributed by atoms with Gasteiger partial charge in [-0.25, -0.2) is 0 Å². The summed E-state index contributed by atoms with van der Waals surface area (Å²) in [6, 6.07) is 2.25. The highest BCUT2D eigenvalue weighted by Gasteiger charge is 2.30. The second-order valence-corrected chi connectivity index (χ2v) is 5.28. The number of hydrogen-bond acceptors (Lipinski definition) is 4. The Hall–Kier alpha value is -0.420. The van der Waals surface area contributed by atoms with Crippen LogP contribution in [0.2, 0.25) is 0 Å². The standard InChI is InChI=1S/C11H17NO2S/c1-8-9(2-3-15-8)5-12-6-11(14)4-10(12)7-13/h2-3,10-11,13-14H,4-7H2,1H3/t10-,11+/m0/s1. The van der Waals surface area contributed by atoms with Crippen LogP contribution < -0.4 is 0 Å². The van der Waals surface area contributed by atoms with E-state index < -0.39 is 0 Å². The van der Waals surface area contributed by atoms with Gasteiger partial charge >= 0.3 is 0 Å². The summed E-state index contributed by atoms with van der Waals surface area (Å²) in [6.07, 6.45) is 0.417. The fourth-order valence-electron chi connectivity index (χ4n) is 2.14. The molecule has 3 nitrogen and oxygen atoms in total. The molecule has 0 spiro atoms. The van der Waals surface area contributed by atoms with Crippen molar-refractivity contribution >= 4 is 11.3 Å². The van der Waals surface area contributed by atoms with Crippen molar-refractivity contribution in [2.75, 3.05) is 13.2 Å². The summed E-state index contributed by atoms with van der Waals surface area (Å²) in [5.74, 6) is 0. The molecule has 0 bridgehead atoms. The Morgan fingerprint density at radius 2 is 2.40 bits per heavy atom. The van der Waals surface area contributed by atoms with Crippen LogP contribution in [-0.4, -0.2) is 40.4 Å². The van der Waals surface area contributed by atoms with Crippen LogP contribution in [0.1, 0.15) is 16.9 Å². The smallest absolute Gasteiger partial charge is 0.0683 e. The summed E-state index contributed by atoms with van der Waals surface area (Å²) in [5, 5.41) is 20.8. The van der Waals surface area contributed by atoms with Gasteiger partial charge in [0, 0.05) is 24.0 Å². The van der Waals surface area contributed by atoms with Crippen LogP contribution in [0, 0.1) is 6.92 Å². The topological polar surface area (TPSA) is 43.7 Å². The van der Waals surface area contributed by atoms with Crippen LogP contribution in [-0.2, 0) is 6.54 Å². The van der Waals surface area contributed by atoms with Gasteiger partial charge in [0.05, 0.1) is 12.7 Å². The SMILES string of the molecule is Cc1sccc1CN1C[C@H](O)C[C@H]1CO. The largest absolute Gasteiger partial charge is 0.395 e. The molecule has 2 heterocycles. The van der Waals surface area contributed by atoms with E-state index in [1.807, 2.05) is 0 Å². The molecule has 0 unspecified atom stereocenters. The third-order valence-corrected chi connectivity index (χ3v) is 3.94. The number of likely N-dealkylation sites (tertiary alicyclic amines) is 1. The number of nitrogens with zero attached hydrogens (tertiary/aromatic N) is 1. The minimum absolute atomic E-state index is 0.124. The van der Waals surface area contributed by atoms with E-state index in [0.717, 1.165) is 6.54 Å². The Morgan fingerprint density at radius 3 is 3.00 bits per heavy atom. The first-order valence-electron chi connectivity index (χ1n) is 5.26. The van der Waals surface area contributed by atoms with Crippen molar-refractivity contribution in [1.29, 1.82) is 0 Å². The van der Waals surface area contributed by atoms with Gasteiger partial charge in [-0.05, 0) is 30.4 Å². The van der Waals surface area contributed by atoms with Crippen LogP contribution in [0.5, 0.6) is 0 Å². The molecule has 2 rings (SSSR count). The molecule has 0 saturated carbocycles. The maximum Gasteiger partial charge on any atom is 0.0683 e. The quantitative estimate of drug-likeness (QED) is 0.809. The Bertz CT molecular complexity index is 326. The van der Waals surface area contributed by atoms with Crippen LogP contribution in [0.15, 0.2) is 11.4 Å². The molecule has 1 aliphatic heterocycles. The minimum atomic E-state index is -0.277. The maximum atomic E-state index is 9.55. The van der Waals surface area contributed by atoms with Gasteiger partial charge in [0.1, 0.15) is 0 Å². The lowest BCUT2D eigenvalue weighted by molar-refractivity contribution is 0.150. The molecule has 4 heteroatoms. The number of rotatable bonds is 3. The van der Waals surface area contributed by atoms with E-state index in [2.05, 4.69) is 23.3 Å². The van der Waals surface area contributed by atoms with Crippen LogP contribution in [0.3, 0.4) is 0 Å². The molecule has 1 saturated heterocycles. The minimum Gasteiger partial charge on any atom is -0.395 e. The van der Waals surface area contributed by atoms with E-state index in [-0.39, 0.29) is 18.8 Å². The van der Waals surface area contributed by atoms with Crippen molar-refractivity contribution in [2.45, 2.75) is 32.0 Å². The molecule has 84 valence electrons. The van der Waals surface area contributed by atoms with Crippen molar-refractivity contribution in [3.05, 3.63) is 21.9 Å². The lowest BCUT2D eigenvalue weighted by atomic mass is 10.2. The Labute approximate surface area is 94.0 Å². The number of aliphatic hydroxyl groups is 2. The van der Waals surface area contributed by atoms with Crippen LogP contribution in [0.4, 0.5) is 0 Å². The summed E-state index contributed by atoms with van der Waals surface area (Å²) in [6.45, 7) is 3.78. The highest BCUT2D eigenvalue weighted by Crippen LogP contribution is 2.23. The Balaban J connectivity index is 2.02. The summed E-state index contributed by atoms with van der Waals surface area (Å²) in [4.78, 5) is 3.49. The van der Waals surface area contributed by atoms with Crippen molar-refractivity contribution in [2.24, 2.45) is 0 Å². The second-order valence-electron chi connectivity index (χ2n) is 4.16. The molecule has 1 aromatic heterocycles. The zero-order chi connectivity index (χ0) is 10.8. The number of β-amino-alcohol motifs (C(OH)–C–C–N with tert-alkyl or cyclic N) is 1. The molecular weight excluding hydrogens is 210 g/mol. The first-order valence-corrected chi connectivity index (χ1v) is 6.14. The molecule has 2 N–H and O–H groups in total. The fourth-order valence-corrected chi connectivity index (χ4v) is 2.86. The summed E-state index contributed by atoms with van der Waals surface area (Å²) in [7, 11) is 0. The van der Waals surface area contributed by atoms with Crippen molar-refractivity contribution in [3.63, 3.8) is 0 Å². The molecule has 1 aromatic rings. The van der Waals surface area contributed by atoms with Crippen LogP contribution >= 0.6 is 11.3 Å². The number of thiophene rings is 1. The molecule has 1 fully saturated rings. The first kappa shape index (κ1) is 11.1. The predicted molar refractivity (Wildman–Crippen MR) is 61.0 cm³/mol. The van der Waals surface area contributed by atoms with Crippen molar-refractivity contribution < 1.29 is 10.2 Å². The number of aliphatic hydroxyl groups excluding tert-OH is 2. The van der Waals surface area contributed by atoms with Gasteiger partial charge in [0.15, 0.2) is 0 Å². The maximum absolute atomic E-state index is 9.55. The third-order valence-electron chi connectivity index (χ3n) is 3.06. The van der Waals surface area contributed by atoms with E-state index >= 15 is 0 Å². The van der Waals surface area contributed by atoms with Gasteiger partial charge in [-0.1, -0.05) is 0 Å². The molecule has 0 amide bonds. The normalized spacial score (nSPS) is 27.4. The second kappa shape index (κ2) is 4.61. The summed E-state index contributed by atoms with van der Waals surface area (Å²) < 4.78 is 0. The van der Waals surface area contributed by atoms with E-state index in [1.165, 1.54) is 10.4 Å². The number of aryl methyl sites for hydroxylation is 1. The Kier molecular flexibility index (Phi) is 3.41. The fraction of sp³-hybridized carbons (Fsp3) is 0.636. The molecule has 0 radical (unpaired) electrons. The highest BCUT2D eigenvalue weighted by molar-refractivity contribution is 7.10. The van der Waals surface area contributed by atoms with Gasteiger partial charge in [0.2, 0.25) is 0 Å². The average molecular weight is 227 g/mol. The van der Waals surface area contributed by atoms with E-state index in [9.17, 15) is 10.2 Å². The predicted octanol–water partition coefficient (Wildman–Crippen LogP) is 0.984. The molecule has 2 atom stereocenters. The third kappa shape index (κ3) is 2.39. The van der Waals surface area contributed by atoms with Gasteiger partial charge in [-0.2, -0.15) is 0 Å². The molecule has 15 heavy (non-hydrogen) atoms. The Morgan fingerprint density at radius 1 is 1.60 bits per heavy atom. The van der Waals surface area contributed by atoms with E-state index in [0.29, 0.717) is 13.0 Å². The zero-order valence-electron chi connectivity index (χ0n) is 8.89. The molecule has 0 aromatic carbocycles. The van der Waals surface area contributed by atoms with Crippen molar-refractivity contribution in [3.8, 4) is 0 Å². The lowest BCUT2D eigenvalue weighted by Crippen LogP contribution is -2.31. The van der Waals surface area contributed by atoms with E-state index in [4.69, 9.17) is 0 Å². The molecule has 0 aliphatic carbocycles. The van der Waals surface area contributed by atoms with Gasteiger partial charge in [0.25, 0.3) is 0 Å². The highest BCUT2D eigenvalue weighted by atomic mass is 32.1. The lowest BCUT2D eigenvalue weighted by Gasteiger charge is -2.22. The van der Waals surface area contributed by atoms with Gasteiger partial charge in [-0.15, -0.1) is 11.3 Å². The summed E-state index contributed by atoms with van der Waals surface area (Å²) in [5.41, 5.74) is 1.31. The molecular formula is C11H17NO2S. The van der Waals surface area contributed by atoms with Gasteiger partial charge in [-0.3, -0.25) is 4.90 Å². The molecule has 1 aliphatic rings. The number of hydrogen-bond donors (Lipinski definition) is 2. The van der Waals surface area contributed by atoms with Gasteiger partial charge < -0.3 is 10.2 Å². The zero-order valence-corrected chi connectivity index (χ0v) is 9.70. The summed E-state index contributed by atoms with van der Waals surface area (Å²) >= 11 is 1.75. The first-order chi connectivity index (χ1) is 7.20. The van der Waals surface area contributed by atoms with Crippen molar-refractivity contribution in [1.82, 2.24) is 4.90 Å². The average Bonchev–Trinajstić information content (AvgIpc) is 2.75. The monoisotopic (exact) mass is 227 g/mol.